The summed E-state index contributed by atoms with van der Waals surface area (Å²) < 4.78 is 0. The summed E-state index contributed by atoms with van der Waals surface area (Å²) in [4.78, 5) is 24.5. The van der Waals surface area contributed by atoms with Gasteiger partial charge in [0, 0.05) is 10.8 Å². The molecule has 8 nitrogen and oxygen atoms in total. The Hall–Kier alpha value is -2.12. The Bertz CT molecular complexity index is 460. The summed E-state index contributed by atoms with van der Waals surface area (Å²) >= 11 is 0. The number of primary amides is 2. The van der Waals surface area contributed by atoms with Gasteiger partial charge in [-0.1, -0.05) is 38.0 Å². The highest BCUT2D eigenvalue weighted by atomic mass is 16.4. The van der Waals surface area contributed by atoms with Gasteiger partial charge in [0.25, 0.3) is 0 Å². The quantitative estimate of drug-likeness (QED) is 0.247. The first-order valence-electron chi connectivity index (χ1n) is 6.33. The zero-order chi connectivity index (χ0) is 17.2. The molecule has 0 atom stereocenters. The van der Waals surface area contributed by atoms with E-state index >= 15 is 0 Å². The molecule has 0 unspecified atom stereocenters. The first-order valence-corrected chi connectivity index (χ1v) is 6.33. The first kappa shape index (κ1) is 18.9. The molecular weight excluding hydrogens is 276 g/mol. The van der Waals surface area contributed by atoms with Crippen molar-refractivity contribution in [1.82, 2.24) is 0 Å². The second-order valence-corrected chi connectivity index (χ2v) is 6.10. The molecular formula is C13H24N4O4. The second kappa shape index (κ2) is 5.71. The van der Waals surface area contributed by atoms with Crippen LogP contribution in [0.5, 0.6) is 0 Å². The third-order valence-corrected chi connectivity index (χ3v) is 4.72. The van der Waals surface area contributed by atoms with Gasteiger partial charge in [-0.05, 0) is 13.8 Å². The van der Waals surface area contributed by atoms with Crippen molar-refractivity contribution in [2.24, 2.45) is 38.0 Å². The van der Waals surface area contributed by atoms with Crippen molar-refractivity contribution >= 4 is 23.2 Å². The molecule has 0 saturated carbocycles. The van der Waals surface area contributed by atoms with Gasteiger partial charge in [-0.15, -0.1) is 0 Å². The Morgan fingerprint density at radius 2 is 1.05 bits per heavy atom. The molecule has 0 aliphatic rings. The molecule has 0 aliphatic heterocycles. The van der Waals surface area contributed by atoms with Gasteiger partial charge in [-0.25, -0.2) is 0 Å². The van der Waals surface area contributed by atoms with Gasteiger partial charge < -0.3 is 21.9 Å². The van der Waals surface area contributed by atoms with E-state index < -0.39 is 28.1 Å². The Morgan fingerprint density at radius 1 is 0.810 bits per heavy atom. The molecule has 0 aliphatic carbocycles. The number of nitrogens with two attached hydrogens (primary N) is 2. The van der Waals surface area contributed by atoms with Gasteiger partial charge in [-0.2, -0.15) is 0 Å². The number of hydrogen-bond acceptors (Lipinski definition) is 6. The van der Waals surface area contributed by atoms with Crippen LogP contribution < -0.4 is 11.5 Å². The van der Waals surface area contributed by atoms with Crippen molar-refractivity contribution in [2.75, 3.05) is 0 Å². The fourth-order valence-corrected chi connectivity index (χ4v) is 2.93. The lowest BCUT2D eigenvalue weighted by atomic mass is 9.49. The van der Waals surface area contributed by atoms with Crippen LogP contribution in [-0.4, -0.2) is 33.7 Å². The predicted octanol–water partition coefficient (Wildman–Crippen LogP) is 0.696. The van der Waals surface area contributed by atoms with Crippen molar-refractivity contribution in [1.29, 1.82) is 0 Å². The van der Waals surface area contributed by atoms with Crippen LogP contribution in [0.4, 0.5) is 0 Å². The number of oxime groups is 2. The van der Waals surface area contributed by atoms with Crippen molar-refractivity contribution in [3.63, 3.8) is 0 Å². The Kier molecular flexibility index (Phi) is 5.13. The average molecular weight is 300 g/mol. The molecule has 0 bridgehead atoms. The molecule has 21 heavy (non-hydrogen) atoms. The summed E-state index contributed by atoms with van der Waals surface area (Å²) in [7, 11) is 0. The lowest BCUT2D eigenvalue weighted by molar-refractivity contribution is -0.152. The maximum Gasteiger partial charge on any atom is 0.235 e. The van der Waals surface area contributed by atoms with Crippen LogP contribution in [-0.2, 0) is 9.59 Å². The van der Waals surface area contributed by atoms with Gasteiger partial charge in [0.15, 0.2) is 0 Å². The maximum absolute atomic E-state index is 12.2. The van der Waals surface area contributed by atoms with E-state index in [9.17, 15) is 9.59 Å². The highest BCUT2D eigenvalue weighted by molar-refractivity contribution is 6.14. The third-order valence-electron chi connectivity index (χ3n) is 4.72. The number of carbonyl (C=O) groups excluding carboxylic acids is 2. The monoisotopic (exact) mass is 300 g/mol. The SMILES string of the molecule is C/C(=N\O)C(C)(C)C(C(N)=O)(C(N)=O)C(C)(C)/C(C)=N/O. The molecule has 0 aromatic heterocycles. The lowest BCUT2D eigenvalue weighted by Gasteiger charge is -2.50. The molecule has 8 heteroatoms. The van der Waals surface area contributed by atoms with Crippen LogP contribution in [0.2, 0.25) is 0 Å². The Labute approximate surface area is 123 Å². The molecule has 0 aromatic carbocycles. The summed E-state index contributed by atoms with van der Waals surface area (Å²) in [6, 6.07) is 0. The highest BCUT2D eigenvalue weighted by Gasteiger charge is 2.66. The van der Waals surface area contributed by atoms with Crippen LogP contribution in [0.15, 0.2) is 10.3 Å². The van der Waals surface area contributed by atoms with Crippen LogP contribution in [0, 0.1) is 16.2 Å². The number of amides is 2. The van der Waals surface area contributed by atoms with E-state index in [0.29, 0.717) is 0 Å². The Morgan fingerprint density at radius 3 is 1.19 bits per heavy atom. The van der Waals surface area contributed by atoms with Crippen LogP contribution in [0.1, 0.15) is 41.5 Å². The second-order valence-electron chi connectivity index (χ2n) is 6.10. The van der Waals surface area contributed by atoms with Gasteiger partial charge >= 0.3 is 0 Å². The summed E-state index contributed by atoms with van der Waals surface area (Å²) in [5.41, 5.74) is 6.64. The minimum atomic E-state index is -1.97. The molecule has 0 fully saturated rings. The smallest absolute Gasteiger partial charge is 0.235 e. The topological polar surface area (TPSA) is 151 Å². The predicted molar refractivity (Wildman–Crippen MR) is 78.2 cm³/mol. The van der Waals surface area contributed by atoms with Gasteiger partial charge in [0.05, 0.1) is 11.4 Å². The molecule has 0 spiro atoms. The fraction of sp³-hybridized carbons (Fsp3) is 0.692. The molecule has 0 heterocycles. The Balaban J connectivity index is 6.86. The minimum absolute atomic E-state index is 0.0962. The standard InChI is InChI=1S/C13H24N4O4/c1-7(16-20)11(3,4)13(9(14)18,10(15)19)12(5,6)8(2)17-21/h20-21H,1-6H3,(H2,14,18)(H2,15,19)/b16-7+,17-8+. The van der Waals surface area contributed by atoms with Gasteiger partial charge in [0.2, 0.25) is 11.8 Å². The molecule has 0 aromatic rings. The van der Waals surface area contributed by atoms with Crippen molar-refractivity contribution in [2.45, 2.75) is 41.5 Å². The summed E-state index contributed by atoms with van der Waals surface area (Å²) in [6.45, 7) is 8.96. The van der Waals surface area contributed by atoms with Crippen molar-refractivity contribution in [3.05, 3.63) is 0 Å². The number of carbonyl (C=O) groups is 2. The summed E-state index contributed by atoms with van der Waals surface area (Å²) in [6.07, 6.45) is 0. The first-order chi connectivity index (χ1) is 9.35. The van der Waals surface area contributed by atoms with Crippen molar-refractivity contribution in [3.8, 4) is 0 Å². The molecule has 120 valence electrons. The molecule has 0 saturated heterocycles. The van der Waals surface area contributed by atoms with Crippen molar-refractivity contribution < 1.29 is 20.0 Å². The summed E-state index contributed by atoms with van der Waals surface area (Å²) in [5.74, 6) is -1.98. The van der Waals surface area contributed by atoms with E-state index in [0.717, 1.165) is 0 Å². The lowest BCUT2D eigenvalue weighted by Crippen LogP contribution is -2.67. The molecule has 0 rings (SSSR count). The van der Waals surface area contributed by atoms with Gasteiger partial charge in [0.1, 0.15) is 5.41 Å². The largest absolute Gasteiger partial charge is 0.411 e. The van der Waals surface area contributed by atoms with E-state index in [1.807, 2.05) is 0 Å². The zero-order valence-corrected chi connectivity index (χ0v) is 13.3. The van der Waals surface area contributed by atoms with Gasteiger partial charge in [-0.3, -0.25) is 9.59 Å². The van der Waals surface area contributed by atoms with E-state index in [1.165, 1.54) is 41.5 Å². The molecule has 6 N–H and O–H groups in total. The average Bonchev–Trinajstić information content (AvgIpc) is 2.35. The number of nitrogens with zero attached hydrogens (tertiary/aromatic N) is 2. The van der Waals surface area contributed by atoms with Crippen LogP contribution in [0.3, 0.4) is 0 Å². The third kappa shape index (κ3) is 2.34. The summed E-state index contributed by atoms with van der Waals surface area (Å²) in [5, 5.41) is 24.3. The zero-order valence-electron chi connectivity index (χ0n) is 13.3. The number of hydrogen-bond donors (Lipinski definition) is 4. The van der Waals surface area contributed by atoms with Crippen LogP contribution in [0.25, 0.3) is 0 Å². The molecule has 0 radical (unpaired) electrons. The number of rotatable bonds is 6. The minimum Gasteiger partial charge on any atom is -0.411 e. The van der Waals surface area contributed by atoms with E-state index in [1.54, 1.807) is 0 Å². The van der Waals surface area contributed by atoms with E-state index in [-0.39, 0.29) is 11.4 Å². The fourth-order valence-electron chi connectivity index (χ4n) is 2.93. The van der Waals surface area contributed by atoms with Crippen LogP contribution >= 0.6 is 0 Å². The molecule has 2 amide bonds. The highest BCUT2D eigenvalue weighted by Crippen LogP contribution is 2.53. The normalized spacial score (nSPS) is 15.0. The van der Waals surface area contributed by atoms with E-state index in [4.69, 9.17) is 21.9 Å². The maximum atomic E-state index is 12.2. The van der Waals surface area contributed by atoms with E-state index in [2.05, 4.69) is 10.3 Å².